The maximum absolute atomic E-state index is 12.6. The first-order chi connectivity index (χ1) is 14.4. The molecule has 0 atom stereocenters. The summed E-state index contributed by atoms with van der Waals surface area (Å²) in [5.74, 6) is 0.315. The summed E-state index contributed by atoms with van der Waals surface area (Å²) >= 11 is 11.6. The molecular weight excluding hydrogens is 429 g/mol. The zero-order valence-electron chi connectivity index (χ0n) is 15.8. The number of esters is 1. The highest BCUT2D eigenvalue weighted by Gasteiger charge is 2.15. The van der Waals surface area contributed by atoms with E-state index in [0.29, 0.717) is 28.4 Å². The highest BCUT2D eigenvalue weighted by atomic mass is 35.5. The second kappa shape index (κ2) is 8.34. The van der Waals surface area contributed by atoms with Gasteiger partial charge in [0.2, 0.25) is 0 Å². The molecule has 2 aromatic heterocycles. The summed E-state index contributed by atoms with van der Waals surface area (Å²) in [5.41, 5.74) is 1.81. The Morgan fingerprint density at radius 3 is 2.57 bits per heavy atom. The van der Waals surface area contributed by atoms with Gasteiger partial charge in [0.1, 0.15) is 17.1 Å². The topological polar surface area (TPSA) is 82.5 Å². The summed E-state index contributed by atoms with van der Waals surface area (Å²) in [7, 11) is 0. The van der Waals surface area contributed by atoms with Gasteiger partial charge in [-0.25, -0.2) is 4.79 Å². The van der Waals surface area contributed by atoms with Crippen LogP contribution < -0.4 is 10.4 Å². The van der Waals surface area contributed by atoms with Gasteiger partial charge in [-0.1, -0.05) is 40.5 Å². The number of nitrogens with zero attached hydrogens (tertiary/aromatic N) is 1. The largest absolute Gasteiger partial charge is 0.426 e. The summed E-state index contributed by atoms with van der Waals surface area (Å²) in [4.78, 5) is 24.7. The minimum absolute atomic E-state index is 0.0854. The molecule has 0 saturated heterocycles. The molecule has 0 radical (unpaired) electrons. The van der Waals surface area contributed by atoms with E-state index in [2.05, 4.69) is 5.16 Å². The highest BCUT2D eigenvalue weighted by Crippen LogP contribution is 2.29. The average Bonchev–Trinajstić information content (AvgIpc) is 3.13. The van der Waals surface area contributed by atoms with Crippen molar-refractivity contribution >= 4 is 40.1 Å². The first kappa shape index (κ1) is 20.2. The van der Waals surface area contributed by atoms with Gasteiger partial charge in [-0.2, -0.15) is 0 Å². The third-order valence-corrected chi connectivity index (χ3v) is 5.04. The molecule has 0 spiro atoms. The minimum atomic E-state index is -0.479. The van der Waals surface area contributed by atoms with Gasteiger partial charge in [-0.15, -0.1) is 0 Å². The lowest BCUT2D eigenvalue weighted by atomic mass is 10.00. The number of fused-ring (bicyclic) bond motifs is 1. The van der Waals surface area contributed by atoms with Gasteiger partial charge in [0.15, 0.2) is 5.15 Å². The number of hydrogen-bond donors (Lipinski definition) is 0. The lowest BCUT2D eigenvalue weighted by Gasteiger charge is -2.09. The molecule has 6 nitrogen and oxygen atoms in total. The Balaban J connectivity index is 1.57. The van der Waals surface area contributed by atoms with Crippen molar-refractivity contribution in [3.63, 3.8) is 0 Å². The Bertz CT molecular complexity index is 1290. The van der Waals surface area contributed by atoms with Crippen molar-refractivity contribution in [1.29, 1.82) is 0 Å². The van der Waals surface area contributed by atoms with Crippen LogP contribution in [0.2, 0.25) is 10.2 Å². The van der Waals surface area contributed by atoms with Crippen molar-refractivity contribution in [2.24, 2.45) is 0 Å². The number of aromatic nitrogens is 1. The molecule has 8 heteroatoms. The number of halogens is 2. The fourth-order valence-corrected chi connectivity index (χ4v) is 3.45. The monoisotopic (exact) mass is 443 g/mol. The Kier molecular flexibility index (Phi) is 5.61. The van der Waals surface area contributed by atoms with E-state index in [9.17, 15) is 9.59 Å². The van der Waals surface area contributed by atoms with E-state index < -0.39 is 11.6 Å². The van der Waals surface area contributed by atoms with Crippen LogP contribution in [0.5, 0.6) is 5.75 Å². The van der Waals surface area contributed by atoms with Crippen molar-refractivity contribution in [1.82, 2.24) is 5.16 Å². The number of hydrogen-bond acceptors (Lipinski definition) is 6. The third kappa shape index (κ3) is 4.25. The molecule has 0 saturated carbocycles. The second-order valence-corrected chi connectivity index (χ2v) is 7.47. The van der Waals surface area contributed by atoms with Crippen molar-refractivity contribution in [2.75, 3.05) is 0 Å². The molecule has 152 valence electrons. The Hall–Kier alpha value is -3.09. The summed E-state index contributed by atoms with van der Waals surface area (Å²) in [6.45, 7) is 1.84. The summed E-state index contributed by atoms with van der Waals surface area (Å²) in [5, 5.41) is 5.11. The van der Waals surface area contributed by atoms with E-state index in [1.165, 1.54) is 6.07 Å². The first-order valence-electron chi connectivity index (χ1n) is 9.06. The van der Waals surface area contributed by atoms with Crippen LogP contribution in [0.4, 0.5) is 0 Å². The van der Waals surface area contributed by atoms with E-state index >= 15 is 0 Å². The van der Waals surface area contributed by atoms with Gasteiger partial charge in [0.25, 0.3) is 0 Å². The zero-order valence-corrected chi connectivity index (χ0v) is 17.3. The molecular formula is C22H15Cl2NO5. The van der Waals surface area contributed by atoms with E-state index in [1.807, 2.05) is 6.92 Å². The van der Waals surface area contributed by atoms with Gasteiger partial charge in [0.05, 0.1) is 12.0 Å². The molecule has 0 aliphatic rings. The maximum atomic E-state index is 12.6. The Morgan fingerprint density at radius 2 is 1.87 bits per heavy atom. The number of ether oxygens (including phenoxy) is 1. The molecule has 0 amide bonds. The number of carbonyl (C=O) groups is 1. The Morgan fingerprint density at radius 1 is 1.10 bits per heavy atom. The van der Waals surface area contributed by atoms with E-state index in [0.717, 1.165) is 16.5 Å². The predicted octanol–water partition coefficient (Wildman–Crippen LogP) is 5.60. The molecule has 0 N–H and O–H groups in total. The maximum Gasteiger partial charge on any atom is 0.344 e. The number of rotatable bonds is 5. The van der Waals surface area contributed by atoms with Gasteiger partial charge < -0.3 is 13.7 Å². The van der Waals surface area contributed by atoms with Gasteiger partial charge >= 0.3 is 11.6 Å². The predicted molar refractivity (Wildman–Crippen MR) is 113 cm³/mol. The number of benzene rings is 2. The summed E-state index contributed by atoms with van der Waals surface area (Å²) in [6.07, 6.45) is 0.396. The molecule has 0 bridgehead atoms. The van der Waals surface area contributed by atoms with Gasteiger partial charge in [0, 0.05) is 29.0 Å². The normalized spacial score (nSPS) is 11.0. The van der Waals surface area contributed by atoms with Crippen LogP contribution in [0, 0.1) is 6.92 Å². The molecule has 0 fully saturated rings. The van der Waals surface area contributed by atoms with E-state index in [1.54, 1.807) is 42.5 Å². The van der Waals surface area contributed by atoms with Crippen LogP contribution in [0.25, 0.3) is 22.1 Å². The average molecular weight is 444 g/mol. The summed E-state index contributed by atoms with van der Waals surface area (Å²) < 4.78 is 15.8. The molecule has 0 aliphatic heterocycles. The molecule has 0 unspecified atom stereocenters. The molecule has 4 rings (SSSR count). The second-order valence-electron chi connectivity index (χ2n) is 6.64. The fraction of sp³-hybridized carbons (Fsp3) is 0.136. The van der Waals surface area contributed by atoms with Crippen molar-refractivity contribution in [3.05, 3.63) is 80.5 Å². The Labute approximate surface area is 181 Å². The van der Waals surface area contributed by atoms with Gasteiger partial charge in [-0.05, 0) is 42.3 Å². The van der Waals surface area contributed by atoms with Gasteiger partial charge in [-0.3, -0.25) is 4.79 Å². The van der Waals surface area contributed by atoms with Crippen LogP contribution >= 0.6 is 23.2 Å². The van der Waals surface area contributed by atoms with Crippen LogP contribution in [-0.2, 0) is 11.2 Å². The lowest BCUT2D eigenvalue weighted by Crippen LogP contribution is -2.09. The van der Waals surface area contributed by atoms with E-state index in [4.69, 9.17) is 36.9 Å². The lowest BCUT2D eigenvalue weighted by molar-refractivity contribution is -0.134. The molecule has 4 aromatic rings. The quantitative estimate of drug-likeness (QED) is 0.226. The number of aryl methyl sites for hydroxylation is 2. The minimum Gasteiger partial charge on any atom is -0.426 e. The standard InChI is InChI=1S/C22H15Cl2NO5/c1-12-17-8-6-15(28-20(26)9-7-16-11-19(24)25-30-16)10-18(17)29-22(27)21(12)13-2-4-14(23)5-3-13/h2-6,8,10-11H,7,9H2,1H3. The van der Waals surface area contributed by atoms with Crippen molar-refractivity contribution in [2.45, 2.75) is 19.8 Å². The van der Waals surface area contributed by atoms with Crippen LogP contribution in [0.1, 0.15) is 17.7 Å². The highest BCUT2D eigenvalue weighted by molar-refractivity contribution is 6.30. The molecule has 2 heterocycles. The number of carbonyl (C=O) groups excluding carboxylic acids is 1. The zero-order chi connectivity index (χ0) is 21.3. The van der Waals surface area contributed by atoms with Crippen molar-refractivity contribution in [3.8, 4) is 16.9 Å². The van der Waals surface area contributed by atoms with Crippen molar-refractivity contribution < 1.29 is 18.5 Å². The molecule has 0 aliphatic carbocycles. The summed E-state index contributed by atoms with van der Waals surface area (Å²) in [6, 6.07) is 13.5. The van der Waals surface area contributed by atoms with Crippen LogP contribution in [-0.4, -0.2) is 11.1 Å². The molecule has 30 heavy (non-hydrogen) atoms. The smallest absolute Gasteiger partial charge is 0.344 e. The SMILES string of the molecule is Cc1c(-c2ccc(Cl)cc2)c(=O)oc2cc(OC(=O)CCc3cc(Cl)no3)ccc12. The first-order valence-corrected chi connectivity index (χ1v) is 9.81. The van der Waals surface area contributed by atoms with Crippen LogP contribution in [0.15, 0.2) is 62.3 Å². The fourth-order valence-electron chi connectivity index (χ4n) is 3.16. The molecule has 2 aromatic carbocycles. The van der Waals surface area contributed by atoms with E-state index in [-0.39, 0.29) is 17.3 Å². The third-order valence-electron chi connectivity index (χ3n) is 4.61. The van der Waals surface area contributed by atoms with Crippen LogP contribution in [0.3, 0.4) is 0 Å².